The van der Waals surface area contributed by atoms with Crippen molar-refractivity contribution in [2.45, 2.75) is 86.5 Å². The van der Waals surface area contributed by atoms with E-state index >= 15 is 0 Å². The maximum atomic E-state index is 12.5. The summed E-state index contributed by atoms with van der Waals surface area (Å²) in [4.78, 5) is 31.1. The minimum absolute atomic E-state index is 0.210. The van der Waals surface area contributed by atoms with Crippen molar-refractivity contribution in [3.8, 4) is 0 Å². The summed E-state index contributed by atoms with van der Waals surface area (Å²) in [5.74, 6) is -1.19. The number of unbranched alkanes of at least 4 members (excludes halogenated alkanes) is 4. The van der Waals surface area contributed by atoms with Gasteiger partial charge in [-0.25, -0.2) is 9.59 Å². The predicted octanol–water partition coefficient (Wildman–Crippen LogP) is 4.83. The van der Waals surface area contributed by atoms with Crippen LogP contribution in [0.25, 0.3) is 0 Å². The maximum absolute atomic E-state index is 12.5. The van der Waals surface area contributed by atoms with Gasteiger partial charge in [-0.1, -0.05) is 67.2 Å². The smallest absolute Gasteiger partial charge is 0.301 e. The second kappa shape index (κ2) is 9.37. The Hall–Kier alpha value is -1.14. The Morgan fingerprint density at radius 3 is 1.62 bits per heavy atom. The van der Waals surface area contributed by atoms with Gasteiger partial charge in [-0.05, 0) is 23.7 Å². The van der Waals surface area contributed by atoms with Crippen LogP contribution in [-0.2, 0) is 19.4 Å². The van der Waals surface area contributed by atoms with Crippen LogP contribution >= 0.6 is 0 Å². The fraction of sp³-hybridized carbons (Fsp3) is 0.889. The summed E-state index contributed by atoms with van der Waals surface area (Å²) in [5.41, 5.74) is -1.53. The largest absolute Gasteiger partial charge is 0.349 e. The zero-order valence-corrected chi connectivity index (χ0v) is 16.0. The number of hydrogen-bond acceptors (Lipinski definition) is 6. The minimum Gasteiger partial charge on any atom is -0.301 e. The SMILES string of the molecule is CC(C)(C)C(CCCCCCCC(=O)OO)(C(=O)OO)C(C)(C)C. The van der Waals surface area contributed by atoms with Gasteiger partial charge in [0.05, 0.1) is 5.41 Å². The lowest BCUT2D eigenvalue weighted by atomic mass is 9.52. The van der Waals surface area contributed by atoms with Gasteiger partial charge in [0.2, 0.25) is 0 Å². The monoisotopic (exact) mass is 346 g/mol. The molecule has 0 heterocycles. The van der Waals surface area contributed by atoms with Crippen LogP contribution in [0.15, 0.2) is 0 Å². The number of carbonyl (C=O) groups is 2. The molecule has 0 aliphatic rings. The highest BCUT2D eigenvalue weighted by atomic mass is 17.1. The third-order valence-corrected chi connectivity index (χ3v) is 5.03. The van der Waals surface area contributed by atoms with Gasteiger partial charge < -0.3 is 9.78 Å². The Morgan fingerprint density at radius 2 is 1.21 bits per heavy atom. The normalized spacial score (nSPS) is 12.8. The molecule has 0 radical (unpaired) electrons. The molecule has 0 amide bonds. The third-order valence-electron chi connectivity index (χ3n) is 5.03. The highest BCUT2D eigenvalue weighted by molar-refractivity contribution is 5.78. The first-order valence-corrected chi connectivity index (χ1v) is 8.64. The Labute approximate surface area is 145 Å². The van der Waals surface area contributed by atoms with Gasteiger partial charge in [0, 0.05) is 6.42 Å². The van der Waals surface area contributed by atoms with E-state index in [2.05, 4.69) is 9.78 Å². The summed E-state index contributed by atoms with van der Waals surface area (Å²) in [6, 6.07) is 0. The minimum atomic E-state index is -0.796. The van der Waals surface area contributed by atoms with Gasteiger partial charge in [0.15, 0.2) is 0 Å². The molecule has 0 aliphatic carbocycles. The zero-order chi connectivity index (χ0) is 19.0. The van der Waals surface area contributed by atoms with Crippen LogP contribution in [0.1, 0.15) is 86.5 Å². The van der Waals surface area contributed by atoms with E-state index in [4.69, 9.17) is 10.5 Å². The van der Waals surface area contributed by atoms with Crippen molar-refractivity contribution in [3.63, 3.8) is 0 Å². The van der Waals surface area contributed by atoms with Crippen molar-refractivity contribution in [1.29, 1.82) is 0 Å². The highest BCUT2D eigenvalue weighted by Crippen LogP contribution is 2.55. The van der Waals surface area contributed by atoms with E-state index in [1.165, 1.54) is 0 Å². The summed E-state index contributed by atoms with van der Waals surface area (Å²) < 4.78 is 0. The molecule has 0 saturated heterocycles. The van der Waals surface area contributed by atoms with Crippen molar-refractivity contribution < 1.29 is 29.9 Å². The van der Waals surface area contributed by atoms with Gasteiger partial charge in [-0.2, -0.15) is 10.5 Å². The summed E-state index contributed by atoms with van der Waals surface area (Å²) >= 11 is 0. The molecule has 0 aromatic rings. The lowest BCUT2D eigenvalue weighted by molar-refractivity contribution is -0.260. The summed E-state index contributed by atoms with van der Waals surface area (Å²) in [5, 5.41) is 17.2. The van der Waals surface area contributed by atoms with E-state index in [0.29, 0.717) is 12.8 Å². The zero-order valence-electron chi connectivity index (χ0n) is 16.0. The molecule has 0 aromatic heterocycles. The quantitative estimate of drug-likeness (QED) is 0.353. The fourth-order valence-electron chi connectivity index (χ4n) is 3.90. The molecule has 0 spiro atoms. The second-order valence-corrected chi connectivity index (χ2v) is 8.52. The van der Waals surface area contributed by atoms with Gasteiger partial charge in [0.1, 0.15) is 0 Å². The first-order chi connectivity index (χ1) is 10.9. The Bertz CT molecular complexity index is 389. The van der Waals surface area contributed by atoms with Crippen molar-refractivity contribution in [1.82, 2.24) is 0 Å². The Kier molecular flexibility index (Phi) is 8.93. The first kappa shape index (κ1) is 22.9. The first-order valence-electron chi connectivity index (χ1n) is 8.64. The third kappa shape index (κ3) is 5.74. The van der Waals surface area contributed by atoms with Crippen LogP contribution in [0.5, 0.6) is 0 Å². The van der Waals surface area contributed by atoms with Crippen LogP contribution in [0, 0.1) is 16.2 Å². The van der Waals surface area contributed by atoms with Gasteiger partial charge in [0.25, 0.3) is 0 Å². The molecule has 6 heteroatoms. The number of hydrogen-bond donors (Lipinski definition) is 2. The number of carbonyl (C=O) groups excluding carboxylic acids is 2. The molecule has 0 fully saturated rings. The molecule has 0 atom stereocenters. The molecule has 24 heavy (non-hydrogen) atoms. The molecule has 142 valence electrons. The van der Waals surface area contributed by atoms with E-state index < -0.39 is 17.4 Å². The molecule has 0 unspecified atom stereocenters. The molecule has 0 bridgehead atoms. The highest BCUT2D eigenvalue weighted by Gasteiger charge is 2.57. The second-order valence-electron chi connectivity index (χ2n) is 8.52. The average molecular weight is 346 g/mol. The standard InChI is InChI=1S/C18H34O6/c1-16(2,3)18(15(20)24-22,17(4,5)6)13-11-9-7-8-10-12-14(19)23-21/h21-22H,7-13H2,1-6H3. The van der Waals surface area contributed by atoms with Crippen LogP contribution in [0.4, 0.5) is 0 Å². The van der Waals surface area contributed by atoms with Gasteiger partial charge in [-0.3, -0.25) is 0 Å². The lowest BCUT2D eigenvalue weighted by Crippen LogP contribution is -2.52. The average Bonchev–Trinajstić information content (AvgIpc) is 2.46. The van der Waals surface area contributed by atoms with E-state index in [1.54, 1.807) is 0 Å². The van der Waals surface area contributed by atoms with E-state index in [9.17, 15) is 9.59 Å². The van der Waals surface area contributed by atoms with Crippen molar-refractivity contribution in [3.05, 3.63) is 0 Å². The Morgan fingerprint density at radius 1 is 0.750 bits per heavy atom. The molecule has 6 nitrogen and oxygen atoms in total. The molecule has 0 saturated carbocycles. The lowest BCUT2D eigenvalue weighted by Gasteiger charge is -2.50. The summed E-state index contributed by atoms with van der Waals surface area (Å²) in [7, 11) is 0. The molecule has 0 aromatic carbocycles. The molecular weight excluding hydrogens is 312 g/mol. The van der Waals surface area contributed by atoms with E-state index in [0.717, 1.165) is 25.7 Å². The van der Waals surface area contributed by atoms with Gasteiger partial charge in [-0.15, -0.1) is 0 Å². The van der Waals surface area contributed by atoms with Crippen LogP contribution in [-0.4, -0.2) is 22.5 Å². The van der Waals surface area contributed by atoms with Crippen LogP contribution in [0.2, 0.25) is 0 Å². The van der Waals surface area contributed by atoms with E-state index in [-0.39, 0.29) is 17.3 Å². The van der Waals surface area contributed by atoms with Crippen LogP contribution in [0.3, 0.4) is 0 Å². The molecular formula is C18H34O6. The summed E-state index contributed by atoms with van der Waals surface area (Å²) in [6.45, 7) is 12.0. The Balaban J connectivity index is 4.71. The van der Waals surface area contributed by atoms with Crippen molar-refractivity contribution in [2.24, 2.45) is 16.2 Å². The predicted molar refractivity (Wildman–Crippen MR) is 91.1 cm³/mol. The van der Waals surface area contributed by atoms with E-state index in [1.807, 2.05) is 41.5 Å². The number of rotatable bonds is 9. The maximum Gasteiger partial charge on any atom is 0.349 e. The molecule has 2 N–H and O–H groups in total. The molecule has 0 rings (SSSR count). The topological polar surface area (TPSA) is 93.1 Å². The summed E-state index contributed by atoms with van der Waals surface area (Å²) in [6.07, 6.45) is 5.03. The molecule has 0 aliphatic heterocycles. The van der Waals surface area contributed by atoms with Crippen molar-refractivity contribution >= 4 is 11.9 Å². The van der Waals surface area contributed by atoms with Crippen LogP contribution < -0.4 is 0 Å². The fourth-order valence-corrected chi connectivity index (χ4v) is 3.90. The van der Waals surface area contributed by atoms with Crippen molar-refractivity contribution in [2.75, 3.05) is 0 Å². The van der Waals surface area contributed by atoms with Gasteiger partial charge >= 0.3 is 11.9 Å².